The van der Waals surface area contributed by atoms with Crippen LogP contribution in [0.15, 0.2) is 5.38 Å². The summed E-state index contributed by atoms with van der Waals surface area (Å²) in [4.78, 5) is 4.61. The van der Waals surface area contributed by atoms with Gasteiger partial charge in [0.25, 0.3) is 0 Å². The zero-order chi connectivity index (χ0) is 10.0. The molecule has 1 heterocycles. The van der Waals surface area contributed by atoms with Crippen LogP contribution in [-0.2, 0) is 11.3 Å². The summed E-state index contributed by atoms with van der Waals surface area (Å²) in [5.74, 6) is 2.19. The molecule has 1 aliphatic carbocycles. The molecular formula is C10H16N2S2. The van der Waals surface area contributed by atoms with Gasteiger partial charge in [-0.1, -0.05) is 6.92 Å². The summed E-state index contributed by atoms with van der Waals surface area (Å²) in [6.07, 6.45) is 3.47. The first-order valence-electron chi connectivity index (χ1n) is 5.06. The summed E-state index contributed by atoms with van der Waals surface area (Å²) >= 11 is 3.67. The quantitative estimate of drug-likeness (QED) is 0.861. The molecule has 4 heteroatoms. The van der Waals surface area contributed by atoms with Crippen molar-refractivity contribution in [2.24, 2.45) is 5.73 Å². The molecule has 0 aromatic carbocycles. The Morgan fingerprint density at radius 1 is 1.64 bits per heavy atom. The first kappa shape index (κ1) is 10.5. The Morgan fingerprint density at radius 2 is 2.43 bits per heavy atom. The van der Waals surface area contributed by atoms with E-state index in [9.17, 15) is 0 Å². The number of nitrogens with two attached hydrogens (primary N) is 1. The topological polar surface area (TPSA) is 38.9 Å². The van der Waals surface area contributed by atoms with E-state index in [-0.39, 0.29) is 5.54 Å². The summed E-state index contributed by atoms with van der Waals surface area (Å²) in [5.41, 5.74) is 7.25. The van der Waals surface area contributed by atoms with Gasteiger partial charge in [-0.05, 0) is 25.0 Å². The second kappa shape index (κ2) is 4.21. The minimum absolute atomic E-state index is 0.0777. The third-order valence-corrected chi connectivity index (χ3v) is 4.65. The lowest BCUT2D eigenvalue weighted by atomic mass is 9.76. The van der Waals surface area contributed by atoms with E-state index in [1.54, 1.807) is 11.3 Å². The zero-order valence-corrected chi connectivity index (χ0v) is 10.1. The fourth-order valence-electron chi connectivity index (χ4n) is 1.61. The molecule has 1 fully saturated rings. The van der Waals surface area contributed by atoms with Crippen LogP contribution >= 0.6 is 23.1 Å². The van der Waals surface area contributed by atoms with Crippen LogP contribution in [0.1, 0.15) is 36.9 Å². The number of thiazole rings is 1. The van der Waals surface area contributed by atoms with E-state index in [1.165, 1.54) is 11.4 Å². The van der Waals surface area contributed by atoms with Crippen molar-refractivity contribution in [3.05, 3.63) is 16.1 Å². The molecule has 1 aromatic rings. The highest BCUT2D eigenvalue weighted by molar-refractivity contribution is 7.98. The maximum Gasteiger partial charge on any atom is 0.103 e. The molecule has 1 aromatic heterocycles. The summed E-state index contributed by atoms with van der Waals surface area (Å²) < 4.78 is 0. The Kier molecular flexibility index (Phi) is 3.14. The molecular weight excluding hydrogens is 212 g/mol. The van der Waals surface area contributed by atoms with Gasteiger partial charge in [0.1, 0.15) is 5.01 Å². The van der Waals surface area contributed by atoms with Crippen LogP contribution < -0.4 is 5.73 Å². The number of aromatic nitrogens is 1. The highest BCUT2D eigenvalue weighted by atomic mass is 32.2. The highest BCUT2D eigenvalue weighted by Gasteiger charge is 2.36. The first-order chi connectivity index (χ1) is 6.74. The van der Waals surface area contributed by atoms with Crippen molar-refractivity contribution in [1.82, 2.24) is 4.98 Å². The van der Waals surface area contributed by atoms with Gasteiger partial charge in [0.15, 0.2) is 0 Å². The predicted octanol–water partition coefficient (Wildman–Crippen LogP) is 2.73. The lowest BCUT2D eigenvalue weighted by Crippen LogP contribution is -2.43. The number of hydrogen-bond acceptors (Lipinski definition) is 4. The van der Waals surface area contributed by atoms with Crippen molar-refractivity contribution < 1.29 is 0 Å². The van der Waals surface area contributed by atoms with E-state index >= 15 is 0 Å². The standard InChI is InChI=1S/C10H16N2S2/c1-2-13-7-9-12-8(6-14-9)10(11)4-3-5-10/h6H,2-5,7,11H2,1H3. The normalized spacial score (nSPS) is 19.3. The zero-order valence-electron chi connectivity index (χ0n) is 8.45. The molecule has 0 saturated heterocycles. The smallest absolute Gasteiger partial charge is 0.103 e. The van der Waals surface area contributed by atoms with Crippen LogP contribution in [0.4, 0.5) is 0 Å². The summed E-state index contributed by atoms with van der Waals surface area (Å²) in [6, 6.07) is 0. The molecule has 2 rings (SSSR count). The van der Waals surface area contributed by atoms with Crippen molar-refractivity contribution in [2.75, 3.05) is 5.75 Å². The van der Waals surface area contributed by atoms with E-state index in [1.807, 2.05) is 11.8 Å². The molecule has 0 amide bonds. The van der Waals surface area contributed by atoms with Crippen LogP contribution in [0.25, 0.3) is 0 Å². The van der Waals surface area contributed by atoms with Crippen LogP contribution in [0, 0.1) is 0 Å². The molecule has 0 bridgehead atoms. The fraction of sp³-hybridized carbons (Fsp3) is 0.700. The van der Waals surface area contributed by atoms with E-state index in [2.05, 4.69) is 17.3 Å². The van der Waals surface area contributed by atoms with Gasteiger partial charge in [-0.15, -0.1) is 11.3 Å². The SMILES string of the molecule is CCSCc1nc(C2(N)CCC2)cs1. The Morgan fingerprint density at radius 3 is 3.00 bits per heavy atom. The summed E-state index contributed by atoms with van der Waals surface area (Å²) in [7, 11) is 0. The minimum atomic E-state index is -0.0777. The Labute approximate surface area is 93.3 Å². The second-order valence-corrected chi connectivity index (χ2v) is 5.99. The van der Waals surface area contributed by atoms with Crippen molar-refractivity contribution >= 4 is 23.1 Å². The van der Waals surface area contributed by atoms with Gasteiger partial charge >= 0.3 is 0 Å². The van der Waals surface area contributed by atoms with Gasteiger partial charge in [-0.25, -0.2) is 4.98 Å². The van der Waals surface area contributed by atoms with Crippen LogP contribution in [0.5, 0.6) is 0 Å². The molecule has 1 aliphatic rings. The van der Waals surface area contributed by atoms with Gasteiger partial charge in [0.05, 0.1) is 11.2 Å². The Balaban J connectivity index is 2.02. The first-order valence-corrected chi connectivity index (χ1v) is 7.09. The van der Waals surface area contributed by atoms with Crippen LogP contribution in [0.2, 0.25) is 0 Å². The monoisotopic (exact) mass is 228 g/mol. The largest absolute Gasteiger partial charge is 0.320 e. The van der Waals surface area contributed by atoms with Crippen LogP contribution in [-0.4, -0.2) is 10.7 Å². The van der Waals surface area contributed by atoms with Crippen molar-refractivity contribution in [3.63, 3.8) is 0 Å². The Bertz CT molecular complexity index is 305. The van der Waals surface area contributed by atoms with E-state index in [0.29, 0.717) is 0 Å². The van der Waals surface area contributed by atoms with Gasteiger partial charge in [0.2, 0.25) is 0 Å². The number of hydrogen-bond donors (Lipinski definition) is 1. The van der Waals surface area contributed by atoms with E-state index < -0.39 is 0 Å². The molecule has 0 atom stereocenters. The molecule has 0 aliphatic heterocycles. The molecule has 0 unspecified atom stereocenters. The second-order valence-electron chi connectivity index (χ2n) is 3.77. The third-order valence-electron chi connectivity index (χ3n) is 2.74. The lowest BCUT2D eigenvalue weighted by molar-refractivity contribution is 0.247. The van der Waals surface area contributed by atoms with Gasteiger partial charge < -0.3 is 5.73 Å². The third kappa shape index (κ3) is 1.97. The van der Waals surface area contributed by atoms with Crippen LogP contribution in [0.3, 0.4) is 0 Å². The summed E-state index contributed by atoms with van der Waals surface area (Å²) in [6.45, 7) is 2.18. The average molecular weight is 228 g/mol. The fourth-order valence-corrected chi connectivity index (χ4v) is 3.26. The molecule has 2 nitrogen and oxygen atoms in total. The van der Waals surface area contributed by atoms with Crippen molar-refractivity contribution in [1.29, 1.82) is 0 Å². The van der Waals surface area contributed by atoms with Gasteiger partial charge in [-0.3, -0.25) is 0 Å². The number of rotatable bonds is 4. The van der Waals surface area contributed by atoms with Crippen molar-refractivity contribution in [3.8, 4) is 0 Å². The molecule has 1 saturated carbocycles. The highest BCUT2D eigenvalue weighted by Crippen LogP contribution is 2.39. The average Bonchev–Trinajstić information content (AvgIpc) is 2.59. The maximum absolute atomic E-state index is 6.20. The maximum atomic E-state index is 6.20. The minimum Gasteiger partial charge on any atom is -0.320 e. The number of thioether (sulfide) groups is 1. The lowest BCUT2D eigenvalue weighted by Gasteiger charge is -2.36. The molecule has 14 heavy (non-hydrogen) atoms. The van der Waals surface area contributed by atoms with E-state index in [0.717, 1.165) is 30.0 Å². The molecule has 0 radical (unpaired) electrons. The number of nitrogens with zero attached hydrogens (tertiary/aromatic N) is 1. The Hall–Kier alpha value is -0.0600. The summed E-state index contributed by atoms with van der Waals surface area (Å²) in [5, 5.41) is 3.37. The predicted molar refractivity (Wildman–Crippen MR) is 63.7 cm³/mol. The molecule has 2 N–H and O–H groups in total. The van der Waals surface area contributed by atoms with Crippen molar-refractivity contribution in [2.45, 2.75) is 37.5 Å². The van der Waals surface area contributed by atoms with Gasteiger partial charge in [0, 0.05) is 11.1 Å². The van der Waals surface area contributed by atoms with E-state index in [4.69, 9.17) is 5.73 Å². The molecule has 78 valence electrons. The molecule has 0 spiro atoms. The van der Waals surface area contributed by atoms with Gasteiger partial charge in [-0.2, -0.15) is 11.8 Å².